The minimum atomic E-state index is 0.0186. The van der Waals surface area contributed by atoms with Crippen LogP contribution in [-0.2, 0) is 4.79 Å². The lowest BCUT2D eigenvalue weighted by Crippen LogP contribution is -2.39. The van der Waals surface area contributed by atoms with Crippen LogP contribution < -0.4 is 5.32 Å². The molecule has 0 saturated carbocycles. The van der Waals surface area contributed by atoms with E-state index in [-0.39, 0.29) is 11.9 Å². The van der Waals surface area contributed by atoms with Gasteiger partial charge in [-0.2, -0.15) is 0 Å². The smallest absolute Gasteiger partial charge is 0.234 e. The summed E-state index contributed by atoms with van der Waals surface area (Å²) in [6.45, 7) is 6.72. The number of aryl methyl sites for hydroxylation is 1. The highest BCUT2D eigenvalue weighted by Gasteiger charge is 2.17. The Kier molecular flexibility index (Phi) is 6.18. The average molecular weight is 289 g/mol. The second kappa shape index (κ2) is 8.13. The third-order valence-corrected chi connectivity index (χ3v) is 4.10. The largest absolute Gasteiger partial charge is 0.347 e. The van der Waals surface area contributed by atoms with E-state index in [2.05, 4.69) is 22.1 Å². The van der Waals surface area contributed by atoms with Gasteiger partial charge in [0.2, 0.25) is 5.91 Å². The number of carbonyl (C=O) groups is 1. The lowest BCUT2D eigenvalue weighted by molar-refractivity contribution is -0.123. The Morgan fingerprint density at radius 1 is 1.29 bits per heavy atom. The fourth-order valence-electron chi connectivity index (χ4n) is 2.81. The number of hydrogen-bond donors (Lipinski definition) is 1. The van der Waals surface area contributed by atoms with E-state index in [1.54, 1.807) is 0 Å². The molecule has 0 radical (unpaired) electrons. The van der Waals surface area contributed by atoms with Crippen molar-refractivity contribution in [3.05, 3.63) is 29.6 Å². The van der Waals surface area contributed by atoms with Gasteiger partial charge < -0.3 is 5.32 Å². The van der Waals surface area contributed by atoms with E-state index in [0.717, 1.165) is 30.8 Å². The van der Waals surface area contributed by atoms with Crippen LogP contribution in [0.1, 0.15) is 56.3 Å². The van der Waals surface area contributed by atoms with Crippen LogP contribution in [0.5, 0.6) is 0 Å². The number of carbonyl (C=O) groups excluding carboxylic acids is 1. The average Bonchev–Trinajstić information content (AvgIpc) is 2.74. The van der Waals surface area contributed by atoms with Gasteiger partial charge in [0.15, 0.2) is 0 Å². The van der Waals surface area contributed by atoms with E-state index in [4.69, 9.17) is 0 Å². The van der Waals surface area contributed by atoms with Gasteiger partial charge in [-0.3, -0.25) is 14.7 Å². The summed E-state index contributed by atoms with van der Waals surface area (Å²) >= 11 is 0. The van der Waals surface area contributed by atoms with Gasteiger partial charge in [-0.1, -0.05) is 25.8 Å². The van der Waals surface area contributed by atoms with E-state index in [1.807, 2.05) is 25.3 Å². The van der Waals surface area contributed by atoms with Crippen LogP contribution in [0, 0.1) is 6.92 Å². The molecule has 1 N–H and O–H groups in total. The zero-order valence-electron chi connectivity index (χ0n) is 13.3. The summed E-state index contributed by atoms with van der Waals surface area (Å²) in [5.41, 5.74) is 2.09. The molecular formula is C17H27N3O. The zero-order chi connectivity index (χ0) is 15.1. The van der Waals surface area contributed by atoms with Crippen molar-refractivity contribution in [2.24, 2.45) is 0 Å². The molecule has 1 aliphatic rings. The summed E-state index contributed by atoms with van der Waals surface area (Å²) in [5, 5.41) is 3.13. The highest BCUT2D eigenvalue weighted by Crippen LogP contribution is 2.15. The van der Waals surface area contributed by atoms with Crippen LogP contribution in [-0.4, -0.2) is 35.4 Å². The fraction of sp³-hybridized carbons (Fsp3) is 0.647. The summed E-state index contributed by atoms with van der Waals surface area (Å²) in [7, 11) is 0. The summed E-state index contributed by atoms with van der Waals surface area (Å²) in [6.07, 6.45) is 7.74. The molecule has 1 saturated heterocycles. The molecule has 1 atom stereocenters. The first-order valence-electron chi connectivity index (χ1n) is 8.13. The molecule has 1 aromatic rings. The van der Waals surface area contributed by atoms with E-state index in [1.165, 1.54) is 25.7 Å². The van der Waals surface area contributed by atoms with Gasteiger partial charge in [0.25, 0.3) is 0 Å². The van der Waals surface area contributed by atoms with Crippen LogP contribution in [0.2, 0.25) is 0 Å². The van der Waals surface area contributed by atoms with Gasteiger partial charge in [0, 0.05) is 6.20 Å². The van der Waals surface area contributed by atoms with Crippen LogP contribution >= 0.6 is 0 Å². The molecule has 0 spiro atoms. The Morgan fingerprint density at radius 3 is 2.57 bits per heavy atom. The minimum Gasteiger partial charge on any atom is -0.347 e. The summed E-state index contributed by atoms with van der Waals surface area (Å²) in [4.78, 5) is 19.0. The first-order chi connectivity index (χ1) is 10.2. The molecule has 0 aliphatic carbocycles. The molecule has 0 aromatic carbocycles. The van der Waals surface area contributed by atoms with Gasteiger partial charge in [0.1, 0.15) is 0 Å². The molecule has 1 aliphatic heterocycles. The molecule has 1 amide bonds. The van der Waals surface area contributed by atoms with E-state index < -0.39 is 0 Å². The zero-order valence-corrected chi connectivity index (χ0v) is 13.3. The van der Waals surface area contributed by atoms with Crippen molar-refractivity contribution in [3.63, 3.8) is 0 Å². The van der Waals surface area contributed by atoms with Gasteiger partial charge in [-0.25, -0.2) is 0 Å². The topological polar surface area (TPSA) is 45.2 Å². The number of aromatic nitrogens is 1. The summed E-state index contributed by atoms with van der Waals surface area (Å²) in [6, 6.07) is 4.08. The molecular weight excluding hydrogens is 262 g/mol. The molecule has 2 heterocycles. The van der Waals surface area contributed by atoms with Crippen molar-refractivity contribution in [2.45, 2.75) is 52.0 Å². The molecule has 0 bridgehead atoms. The lowest BCUT2D eigenvalue weighted by Gasteiger charge is -2.22. The Balaban J connectivity index is 1.88. The normalized spacial score (nSPS) is 18.0. The fourth-order valence-corrected chi connectivity index (χ4v) is 2.81. The van der Waals surface area contributed by atoms with E-state index >= 15 is 0 Å². The quantitative estimate of drug-likeness (QED) is 0.906. The second-order valence-electron chi connectivity index (χ2n) is 5.98. The lowest BCUT2D eigenvalue weighted by atomic mass is 10.1. The monoisotopic (exact) mass is 289 g/mol. The van der Waals surface area contributed by atoms with Gasteiger partial charge in [-0.05, 0) is 50.9 Å². The number of likely N-dealkylation sites (tertiary alicyclic amines) is 1. The number of amides is 1. The van der Waals surface area contributed by atoms with E-state index in [0.29, 0.717) is 6.54 Å². The third kappa shape index (κ3) is 5.12. The standard InChI is InChI=1S/C17H27N3O/c1-3-15(16-9-8-14(2)12-18-16)19-17(21)13-20-10-6-4-5-7-11-20/h8-9,12,15H,3-7,10-11,13H2,1-2H3,(H,19,21)/t15-/m0/s1. The van der Waals surface area contributed by atoms with Crippen LogP contribution in [0.3, 0.4) is 0 Å². The first-order valence-corrected chi connectivity index (χ1v) is 8.13. The predicted octanol–water partition coefficient (Wildman–Crippen LogP) is 2.83. The second-order valence-corrected chi connectivity index (χ2v) is 5.98. The number of nitrogens with zero attached hydrogens (tertiary/aromatic N) is 2. The van der Waals surface area contributed by atoms with Crippen molar-refractivity contribution in [3.8, 4) is 0 Å². The van der Waals surface area contributed by atoms with Crippen LogP contribution in [0.25, 0.3) is 0 Å². The molecule has 4 heteroatoms. The molecule has 21 heavy (non-hydrogen) atoms. The molecule has 4 nitrogen and oxygen atoms in total. The molecule has 2 rings (SSSR count). The van der Waals surface area contributed by atoms with Crippen LogP contribution in [0.4, 0.5) is 0 Å². The number of nitrogens with one attached hydrogen (secondary N) is 1. The third-order valence-electron chi connectivity index (χ3n) is 4.10. The maximum Gasteiger partial charge on any atom is 0.234 e. The van der Waals surface area contributed by atoms with Crippen molar-refractivity contribution < 1.29 is 4.79 Å². The number of pyridine rings is 1. The maximum absolute atomic E-state index is 12.3. The van der Waals surface area contributed by atoms with Gasteiger partial charge in [0.05, 0.1) is 18.3 Å². The molecule has 116 valence electrons. The summed E-state index contributed by atoms with van der Waals surface area (Å²) in [5.74, 6) is 0.117. The van der Waals surface area contributed by atoms with Crippen molar-refractivity contribution in [2.75, 3.05) is 19.6 Å². The SMILES string of the molecule is CC[C@H](NC(=O)CN1CCCCCC1)c1ccc(C)cn1. The van der Waals surface area contributed by atoms with Gasteiger partial charge in [-0.15, -0.1) is 0 Å². The molecule has 1 aromatic heterocycles. The van der Waals surface area contributed by atoms with Crippen molar-refractivity contribution in [1.29, 1.82) is 0 Å². The first kappa shape index (κ1) is 16.0. The highest BCUT2D eigenvalue weighted by atomic mass is 16.2. The highest BCUT2D eigenvalue weighted by molar-refractivity contribution is 5.78. The van der Waals surface area contributed by atoms with Crippen molar-refractivity contribution >= 4 is 5.91 Å². The van der Waals surface area contributed by atoms with Crippen molar-refractivity contribution in [1.82, 2.24) is 15.2 Å². The Hall–Kier alpha value is -1.42. The minimum absolute atomic E-state index is 0.0186. The number of rotatable bonds is 5. The Bertz CT molecular complexity index is 436. The summed E-state index contributed by atoms with van der Waals surface area (Å²) < 4.78 is 0. The predicted molar refractivity (Wildman–Crippen MR) is 85.1 cm³/mol. The maximum atomic E-state index is 12.3. The van der Waals surface area contributed by atoms with Gasteiger partial charge >= 0.3 is 0 Å². The Morgan fingerprint density at radius 2 is 2.00 bits per heavy atom. The molecule has 0 unspecified atom stereocenters. The molecule has 1 fully saturated rings. The number of hydrogen-bond acceptors (Lipinski definition) is 3. The van der Waals surface area contributed by atoms with E-state index in [9.17, 15) is 4.79 Å². The Labute approximate surface area is 127 Å². The van der Waals surface area contributed by atoms with Crippen LogP contribution in [0.15, 0.2) is 18.3 Å².